The highest BCUT2D eigenvalue weighted by Gasteiger charge is 2.35. The summed E-state index contributed by atoms with van der Waals surface area (Å²) in [6.07, 6.45) is 3.42. The molecule has 1 amide bonds. The minimum absolute atomic E-state index is 0.0141. The molecule has 2 fully saturated rings. The zero-order chi connectivity index (χ0) is 22.7. The van der Waals surface area contributed by atoms with Gasteiger partial charge in [0.1, 0.15) is 11.9 Å². The standard InChI is InChI=1S/C24H27F3N2O3/c25-24(26,27)17-9-7-16(8-10-17)14-22(30)29-13-2-1-6-20(29)23(31)19-15-28-12-11-21(19)32-18-4-3-5-18/h7-12,15,18,20,23,31H,1-6,13-14H2. The van der Waals surface area contributed by atoms with E-state index in [4.69, 9.17) is 4.74 Å². The van der Waals surface area contributed by atoms with Crippen LogP contribution in [0.2, 0.25) is 0 Å². The zero-order valence-electron chi connectivity index (χ0n) is 17.7. The molecule has 2 aliphatic rings. The number of aliphatic hydroxyl groups excluding tert-OH is 1. The van der Waals surface area contributed by atoms with E-state index in [1.807, 2.05) is 0 Å². The summed E-state index contributed by atoms with van der Waals surface area (Å²) in [5, 5.41) is 11.2. The van der Waals surface area contributed by atoms with Crippen LogP contribution in [-0.2, 0) is 17.4 Å². The third-order valence-electron chi connectivity index (χ3n) is 6.35. The van der Waals surface area contributed by atoms with Gasteiger partial charge in [-0.3, -0.25) is 9.78 Å². The topological polar surface area (TPSA) is 62.7 Å². The molecule has 0 spiro atoms. The number of hydrogen-bond acceptors (Lipinski definition) is 4. The molecule has 2 heterocycles. The van der Waals surface area contributed by atoms with Crippen LogP contribution < -0.4 is 4.74 Å². The second-order valence-corrected chi connectivity index (χ2v) is 8.55. The van der Waals surface area contributed by atoms with Gasteiger partial charge in [-0.05, 0) is 62.3 Å². The van der Waals surface area contributed by atoms with Crippen molar-refractivity contribution in [2.24, 2.45) is 0 Å². The van der Waals surface area contributed by atoms with E-state index in [-0.39, 0.29) is 18.4 Å². The van der Waals surface area contributed by atoms with Crippen molar-refractivity contribution in [3.05, 3.63) is 59.4 Å². The van der Waals surface area contributed by atoms with E-state index >= 15 is 0 Å². The van der Waals surface area contributed by atoms with Crippen molar-refractivity contribution >= 4 is 5.91 Å². The number of likely N-dealkylation sites (tertiary alicyclic amines) is 1. The molecular weight excluding hydrogens is 421 g/mol. The van der Waals surface area contributed by atoms with Crippen molar-refractivity contribution in [2.75, 3.05) is 6.54 Å². The highest BCUT2D eigenvalue weighted by atomic mass is 19.4. The molecule has 1 N–H and O–H groups in total. The summed E-state index contributed by atoms with van der Waals surface area (Å²) >= 11 is 0. The van der Waals surface area contributed by atoms with E-state index in [9.17, 15) is 23.1 Å². The van der Waals surface area contributed by atoms with Gasteiger partial charge in [0, 0.05) is 24.5 Å². The Morgan fingerprint density at radius 1 is 1.12 bits per heavy atom. The Bertz CT molecular complexity index is 929. The van der Waals surface area contributed by atoms with Crippen LogP contribution in [0.3, 0.4) is 0 Å². The SMILES string of the molecule is O=C(Cc1ccc(C(F)(F)F)cc1)N1CCCCC1C(O)c1cnccc1OC1CCC1. The van der Waals surface area contributed by atoms with Crippen LogP contribution in [0.15, 0.2) is 42.7 Å². The van der Waals surface area contributed by atoms with Gasteiger partial charge >= 0.3 is 6.18 Å². The molecule has 1 aliphatic heterocycles. The lowest BCUT2D eigenvalue weighted by Gasteiger charge is -2.39. The summed E-state index contributed by atoms with van der Waals surface area (Å²) in [5.41, 5.74) is 0.339. The van der Waals surface area contributed by atoms with Gasteiger partial charge in [-0.2, -0.15) is 13.2 Å². The zero-order valence-corrected chi connectivity index (χ0v) is 17.7. The molecule has 32 heavy (non-hydrogen) atoms. The van der Waals surface area contributed by atoms with Gasteiger partial charge in [-0.15, -0.1) is 0 Å². The number of piperidine rings is 1. The van der Waals surface area contributed by atoms with Crippen LogP contribution in [0.25, 0.3) is 0 Å². The lowest BCUT2D eigenvalue weighted by Crippen LogP contribution is -2.47. The predicted molar refractivity (Wildman–Crippen MR) is 112 cm³/mol. The molecule has 1 saturated carbocycles. The summed E-state index contributed by atoms with van der Waals surface area (Å²) in [5.74, 6) is 0.386. The number of alkyl halides is 3. The van der Waals surface area contributed by atoms with Crippen molar-refractivity contribution in [3.8, 4) is 5.75 Å². The van der Waals surface area contributed by atoms with E-state index in [1.165, 1.54) is 12.1 Å². The first-order chi connectivity index (χ1) is 15.3. The Kier molecular flexibility index (Phi) is 6.69. The number of nitrogens with zero attached hydrogens (tertiary/aromatic N) is 2. The van der Waals surface area contributed by atoms with Crippen LogP contribution in [-0.4, -0.2) is 39.6 Å². The third-order valence-corrected chi connectivity index (χ3v) is 6.35. The summed E-state index contributed by atoms with van der Waals surface area (Å²) < 4.78 is 44.4. The first-order valence-electron chi connectivity index (χ1n) is 11.1. The molecule has 1 aliphatic carbocycles. The number of pyridine rings is 1. The Labute approximate surface area is 185 Å². The Morgan fingerprint density at radius 3 is 2.53 bits per heavy atom. The number of ether oxygens (including phenoxy) is 1. The fourth-order valence-corrected chi connectivity index (χ4v) is 4.28. The van der Waals surface area contributed by atoms with Crippen LogP contribution in [0.5, 0.6) is 5.75 Å². The second kappa shape index (κ2) is 9.48. The highest BCUT2D eigenvalue weighted by molar-refractivity contribution is 5.79. The predicted octanol–water partition coefficient (Wildman–Crippen LogP) is 4.69. The molecule has 1 aromatic heterocycles. The summed E-state index contributed by atoms with van der Waals surface area (Å²) in [6, 6.07) is 5.96. The molecule has 2 unspecified atom stereocenters. The van der Waals surface area contributed by atoms with Gasteiger partial charge in [0.15, 0.2) is 0 Å². The van der Waals surface area contributed by atoms with Crippen molar-refractivity contribution in [1.82, 2.24) is 9.88 Å². The van der Waals surface area contributed by atoms with Gasteiger partial charge in [-0.1, -0.05) is 12.1 Å². The monoisotopic (exact) mass is 448 g/mol. The number of amides is 1. The van der Waals surface area contributed by atoms with E-state index in [0.29, 0.717) is 29.8 Å². The maximum absolute atomic E-state index is 13.1. The van der Waals surface area contributed by atoms with Crippen LogP contribution in [0.4, 0.5) is 13.2 Å². The number of carbonyl (C=O) groups is 1. The molecule has 8 heteroatoms. The largest absolute Gasteiger partial charge is 0.490 e. The van der Waals surface area contributed by atoms with Gasteiger partial charge in [-0.25, -0.2) is 0 Å². The number of aromatic nitrogens is 1. The highest BCUT2D eigenvalue weighted by Crippen LogP contribution is 2.36. The molecule has 5 nitrogen and oxygen atoms in total. The number of rotatable bonds is 6. The molecule has 0 radical (unpaired) electrons. The van der Waals surface area contributed by atoms with Crippen LogP contribution >= 0.6 is 0 Å². The Balaban J connectivity index is 1.48. The van der Waals surface area contributed by atoms with Gasteiger partial charge < -0.3 is 14.7 Å². The molecule has 2 atom stereocenters. The first kappa shape index (κ1) is 22.6. The average molecular weight is 448 g/mol. The lowest BCUT2D eigenvalue weighted by atomic mass is 9.92. The van der Waals surface area contributed by atoms with E-state index in [1.54, 1.807) is 23.4 Å². The number of benzene rings is 1. The third kappa shape index (κ3) is 5.06. The van der Waals surface area contributed by atoms with E-state index in [0.717, 1.165) is 44.2 Å². The number of hydrogen-bond donors (Lipinski definition) is 1. The normalized spacial score (nSPS) is 20.5. The number of carbonyl (C=O) groups excluding carboxylic acids is 1. The second-order valence-electron chi connectivity index (χ2n) is 8.55. The van der Waals surface area contributed by atoms with Gasteiger partial charge in [0.25, 0.3) is 0 Å². The molecule has 1 aromatic carbocycles. The van der Waals surface area contributed by atoms with Gasteiger partial charge in [0.05, 0.1) is 24.1 Å². The molecule has 4 rings (SSSR count). The van der Waals surface area contributed by atoms with E-state index < -0.39 is 23.9 Å². The lowest BCUT2D eigenvalue weighted by molar-refractivity contribution is -0.137. The minimum atomic E-state index is -4.41. The van der Waals surface area contributed by atoms with Crippen LogP contribution in [0.1, 0.15) is 61.3 Å². The number of halogens is 3. The molecule has 2 aromatic rings. The fourth-order valence-electron chi connectivity index (χ4n) is 4.28. The maximum Gasteiger partial charge on any atom is 0.416 e. The van der Waals surface area contributed by atoms with Crippen molar-refractivity contribution in [3.63, 3.8) is 0 Å². The Hall–Kier alpha value is -2.61. The summed E-state index contributed by atoms with van der Waals surface area (Å²) in [4.78, 5) is 18.9. The van der Waals surface area contributed by atoms with Crippen LogP contribution in [0, 0.1) is 0 Å². The fraction of sp³-hybridized carbons (Fsp3) is 0.500. The minimum Gasteiger partial charge on any atom is -0.490 e. The maximum atomic E-state index is 13.1. The summed E-state index contributed by atoms with van der Waals surface area (Å²) in [6.45, 7) is 0.500. The first-order valence-corrected chi connectivity index (χ1v) is 11.1. The number of aliphatic hydroxyl groups is 1. The van der Waals surface area contributed by atoms with Crippen molar-refractivity contribution in [2.45, 2.75) is 69.4 Å². The quantitative estimate of drug-likeness (QED) is 0.697. The summed E-state index contributed by atoms with van der Waals surface area (Å²) in [7, 11) is 0. The van der Waals surface area contributed by atoms with Crippen molar-refractivity contribution in [1.29, 1.82) is 0 Å². The molecule has 0 bridgehead atoms. The average Bonchev–Trinajstić information content (AvgIpc) is 2.76. The molecular formula is C24H27F3N2O3. The molecule has 172 valence electrons. The van der Waals surface area contributed by atoms with Gasteiger partial charge in [0.2, 0.25) is 5.91 Å². The Morgan fingerprint density at radius 2 is 1.88 bits per heavy atom. The smallest absolute Gasteiger partial charge is 0.416 e. The molecule has 1 saturated heterocycles. The van der Waals surface area contributed by atoms with E-state index in [2.05, 4.69) is 4.98 Å². The van der Waals surface area contributed by atoms with Crippen molar-refractivity contribution < 1.29 is 27.8 Å².